The second-order valence-electron chi connectivity index (χ2n) is 5.67. The van der Waals surface area contributed by atoms with E-state index in [1.165, 1.54) is 19.3 Å². The molecule has 0 aromatic carbocycles. The van der Waals surface area contributed by atoms with Crippen LogP contribution in [-0.4, -0.2) is 36.5 Å². The van der Waals surface area contributed by atoms with E-state index in [4.69, 9.17) is 0 Å². The normalized spacial score (nSPS) is 21.6. The Hall–Kier alpha value is -0.570. The van der Waals surface area contributed by atoms with E-state index < -0.39 is 0 Å². The van der Waals surface area contributed by atoms with Gasteiger partial charge in [0.05, 0.1) is 0 Å². The summed E-state index contributed by atoms with van der Waals surface area (Å²) in [4.78, 5) is 13.8. The maximum atomic E-state index is 11.7. The van der Waals surface area contributed by atoms with Crippen LogP contribution in [0, 0.1) is 5.92 Å². The molecular weight excluding hydrogens is 224 g/mol. The second kappa shape index (κ2) is 8.52. The zero-order valence-corrected chi connectivity index (χ0v) is 12.4. The lowest BCUT2D eigenvalue weighted by molar-refractivity contribution is -0.127. The molecule has 1 aliphatic heterocycles. The third-order valence-corrected chi connectivity index (χ3v) is 3.93. The molecule has 1 fully saturated rings. The lowest BCUT2D eigenvalue weighted by Crippen LogP contribution is -2.28. The van der Waals surface area contributed by atoms with Crippen LogP contribution in [0.15, 0.2) is 0 Å². The van der Waals surface area contributed by atoms with Crippen molar-refractivity contribution in [2.75, 3.05) is 19.6 Å². The first-order valence-electron chi connectivity index (χ1n) is 7.68. The van der Waals surface area contributed by atoms with Gasteiger partial charge in [-0.05, 0) is 38.6 Å². The summed E-state index contributed by atoms with van der Waals surface area (Å²) < 4.78 is 0. The molecule has 0 bridgehead atoms. The van der Waals surface area contributed by atoms with E-state index in [1.54, 1.807) is 0 Å². The highest BCUT2D eigenvalue weighted by molar-refractivity contribution is 5.78. The summed E-state index contributed by atoms with van der Waals surface area (Å²) in [6, 6.07) is 0.614. The number of nitrogens with zero attached hydrogens (tertiary/aromatic N) is 1. The van der Waals surface area contributed by atoms with E-state index in [9.17, 15) is 4.79 Å². The molecule has 2 atom stereocenters. The molecule has 18 heavy (non-hydrogen) atoms. The molecule has 1 amide bonds. The minimum Gasteiger partial charge on any atom is -0.342 e. The van der Waals surface area contributed by atoms with Crippen molar-refractivity contribution in [3.63, 3.8) is 0 Å². The number of carbonyl (C=O) groups is 1. The van der Waals surface area contributed by atoms with E-state index >= 15 is 0 Å². The molecule has 0 aromatic heterocycles. The van der Waals surface area contributed by atoms with E-state index in [-0.39, 0.29) is 0 Å². The molecule has 3 nitrogen and oxygen atoms in total. The van der Waals surface area contributed by atoms with Crippen molar-refractivity contribution >= 4 is 5.91 Å². The number of rotatable bonds is 9. The molecule has 1 N–H and O–H groups in total. The van der Waals surface area contributed by atoms with Crippen LogP contribution in [0.3, 0.4) is 0 Å². The highest BCUT2D eigenvalue weighted by Gasteiger charge is 2.27. The molecule has 0 saturated carbocycles. The van der Waals surface area contributed by atoms with Gasteiger partial charge in [-0.1, -0.05) is 26.7 Å². The molecule has 1 saturated heterocycles. The molecule has 3 heteroatoms. The van der Waals surface area contributed by atoms with Crippen molar-refractivity contribution < 1.29 is 4.79 Å². The Balaban J connectivity index is 2.06. The number of unbranched alkanes of at least 4 members (excludes halogenated alkanes) is 1. The summed E-state index contributed by atoms with van der Waals surface area (Å²) in [7, 11) is 0. The Morgan fingerprint density at radius 3 is 2.78 bits per heavy atom. The number of amides is 1. The molecule has 1 aliphatic rings. The van der Waals surface area contributed by atoms with Crippen molar-refractivity contribution in [3.8, 4) is 0 Å². The van der Waals surface area contributed by atoms with Gasteiger partial charge in [-0.2, -0.15) is 0 Å². The van der Waals surface area contributed by atoms with Gasteiger partial charge in [0.1, 0.15) is 0 Å². The van der Waals surface area contributed by atoms with Gasteiger partial charge in [-0.25, -0.2) is 0 Å². The first kappa shape index (κ1) is 15.5. The summed E-state index contributed by atoms with van der Waals surface area (Å²) in [5, 5.41) is 3.51. The van der Waals surface area contributed by atoms with Gasteiger partial charge in [0.25, 0.3) is 0 Å². The average molecular weight is 254 g/mol. The molecule has 1 heterocycles. The third kappa shape index (κ3) is 5.38. The van der Waals surface area contributed by atoms with Crippen molar-refractivity contribution in [3.05, 3.63) is 0 Å². The van der Waals surface area contributed by atoms with Gasteiger partial charge in [0, 0.05) is 25.6 Å². The van der Waals surface area contributed by atoms with Crippen molar-refractivity contribution in [1.29, 1.82) is 0 Å². The number of carbonyl (C=O) groups excluding carboxylic acids is 1. The van der Waals surface area contributed by atoms with Crippen LogP contribution in [0.4, 0.5) is 0 Å². The van der Waals surface area contributed by atoms with E-state index in [2.05, 4.69) is 31.0 Å². The van der Waals surface area contributed by atoms with Crippen LogP contribution < -0.4 is 5.32 Å². The summed E-state index contributed by atoms with van der Waals surface area (Å²) >= 11 is 0. The van der Waals surface area contributed by atoms with E-state index in [0.717, 1.165) is 38.9 Å². The zero-order valence-electron chi connectivity index (χ0n) is 12.4. The van der Waals surface area contributed by atoms with Crippen LogP contribution in [-0.2, 0) is 4.79 Å². The Morgan fingerprint density at radius 2 is 2.17 bits per heavy atom. The van der Waals surface area contributed by atoms with Gasteiger partial charge in [0.15, 0.2) is 0 Å². The highest BCUT2D eigenvalue weighted by atomic mass is 16.2. The molecule has 2 unspecified atom stereocenters. The minimum atomic E-state index is 0.374. The molecule has 1 rings (SSSR count). The molecule has 0 radical (unpaired) electrons. The minimum absolute atomic E-state index is 0.374. The molecule has 0 aromatic rings. The average Bonchev–Trinajstić information content (AvgIpc) is 2.73. The zero-order chi connectivity index (χ0) is 13.4. The summed E-state index contributed by atoms with van der Waals surface area (Å²) in [5.74, 6) is 0.988. The molecule has 0 spiro atoms. The smallest absolute Gasteiger partial charge is 0.222 e. The Bertz CT molecular complexity index is 243. The number of hydrogen-bond donors (Lipinski definition) is 1. The van der Waals surface area contributed by atoms with Gasteiger partial charge in [-0.15, -0.1) is 0 Å². The SMILES string of the molecule is CCCNC(C)CCCCN1CC(CC)CC1=O. The highest BCUT2D eigenvalue weighted by Crippen LogP contribution is 2.20. The molecule has 0 aliphatic carbocycles. The lowest BCUT2D eigenvalue weighted by Gasteiger charge is -2.17. The fraction of sp³-hybridized carbons (Fsp3) is 0.933. The van der Waals surface area contributed by atoms with Gasteiger partial charge in [-0.3, -0.25) is 4.79 Å². The van der Waals surface area contributed by atoms with Gasteiger partial charge < -0.3 is 10.2 Å². The predicted octanol–water partition coefficient (Wildman–Crippen LogP) is 2.80. The first-order chi connectivity index (χ1) is 8.67. The number of nitrogens with one attached hydrogen (secondary N) is 1. The Morgan fingerprint density at radius 1 is 1.39 bits per heavy atom. The topological polar surface area (TPSA) is 32.3 Å². The van der Waals surface area contributed by atoms with Crippen LogP contribution in [0.2, 0.25) is 0 Å². The summed E-state index contributed by atoms with van der Waals surface area (Å²) in [6.45, 7) is 9.72. The van der Waals surface area contributed by atoms with Crippen molar-refractivity contribution in [1.82, 2.24) is 10.2 Å². The van der Waals surface area contributed by atoms with Crippen LogP contribution in [0.25, 0.3) is 0 Å². The maximum Gasteiger partial charge on any atom is 0.222 e. The monoisotopic (exact) mass is 254 g/mol. The predicted molar refractivity (Wildman–Crippen MR) is 76.6 cm³/mol. The first-order valence-corrected chi connectivity index (χ1v) is 7.68. The van der Waals surface area contributed by atoms with Crippen molar-refractivity contribution in [2.24, 2.45) is 5.92 Å². The Kier molecular flexibility index (Phi) is 7.33. The third-order valence-electron chi connectivity index (χ3n) is 3.93. The van der Waals surface area contributed by atoms with Crippen LogP contribution in [0.5, 0.6) is 0 Å². The van der Waals surface area contributed by atoms with Gasteiger partial charge in [0.2, 0.25) is 5.91 Å². The Labute approximate surface area is 112 Å². The molecule has 106 valence electrons. The summed E-state index contributed by atoms with van der Waals surface area (Å²) in [6.07, 6.45) is 6.72. The fourth-order valence-electron chi connectivity index (χ4n) is 2.59. The fourth-order valence-corrected chi connectivity index (χ4v) is 2.59. The molecular formula is C15H30N2O. The lowest BCUT2D eigenvalue weighted by atomic mass is 10.1. The number of hydrogen-bond acceptors (Lipinski definition) is 2. The maximum absolute atomic E-state index is 11.7. The number of likely N-dealkylation sites (tertiary alicyclic amines) is 1. The quantitative estimate of drug-likeness (QED) is 0.642. The van der Waals surface area contributed by atoms with E-state index in [1.807, 2.05) is 0 Å². The van der Waals surface area contributed by atoms with Crippen LogP contribution in [0.1, 0.15) is 59.3 Å². The van der Waals surface area contributed by atoms with Crippen LogP contribution >= 0.6 is 0 Å². The van der Waals surface area contributed by atoms with E-state index in [0.29, 0.717) is 17.9 Å². The van der Waals surface area contributed by atoms with Crippen molar-refractivity contribution in [2.45, 2.75) is 65.3 Å². The second-order valence-corrected chi connectivity index (χ2v) is 5.67. The largest absolute Gasteiger partial charge is 0.342 e. The standard InChI is InChI=1S/C15H30N2O/c1-4-9-16-13(3)8-6-7-10-17-12-14(5-2)11-15(17)18/h13-14,16H,4-12H2,1-3H3. The van der Waals surface area contributed by atoms with Gasteiger partial charge >= 0.3 is 0 Å². The summed E-state index contributed by atoms with van der Waals surface area (Å²) in [5.41, 5.74) is 0.